The number of fused-ring (bicyclic) bond motifs is 1. The van der Waals surface area contributed by atoms with E-state index in [0.29, 0.717) is 24.9 Å². The highest BCUT2D eigenvalue weighted by Gasteiger charge is 2.36. The second kappa shape index (κ2) is 4.98. The van der Waals surface area contributed by atoms with E-state index in [9.17, 15) is 4.79 Å². The van der Waals surface area contributed by atoms with E-state index in [1.165, 1.54) is 12.8 Å². The second-order valence-electron chi connectivity index (χ2n) is 6.89. The SMILES string of the molecule is C[C@H](NCc1cc(C(N)=O)nc2c1OCC2(C)C)C1CC1. The predicted octanol–water partition coefficient (Wildman–Crippen LogP) is 1.74. The highest BCUT2D eigenvalue weighted by molar-refractivity contribution is 5.91. The molecule has 0 radical (unpaired) electrons. The normalized spacial score (nSPS) is 20.7. The van der Waals surface area contributed by atoms with E-state index in [0.717, 1.165) is 22.9 Å². The molecular formula is C16H23N3O2. The largest absolute Gasteiger partial charge is 0.490 e. The third-order valence-corrected chi connectivity index (χ3v) is 4.46. The Morgan fingerprint density at radius 2 is 2.29 bits per heavy atom. The molecular weight excluding hydrogens is 266 g/mol. The van der Waals surface area contributed by atoms with Crippen LogP contribution in [0.3, 0.4) is 0 Å². The number of hydrogen-bond acceptors (Lipinski definition) is 4. The van der Waals surface area contributed by atoms with Gasteiger partial charge in [-0.05, 0) is 31.7 Å². The van der Waals surface area contributed by atoms with Gasteiger partial charge in [0.05, 0.1) is 12.3 Å². The molecule has 2 aliphatic rings. The summed E-state index contributed by atoms with van der Waals surface area (Å²) in [5.74, 6) is 1.12. The zero-order valence-corrected chi connectivity index (χ0v) is 12.9. The molecule has 0 bridgehead atoms. The van der Waals surface area contributed by atoms with Crippen LogP contribution in [-0.4, -0.2) is 23.5 Å². The number of nitrogens with zero attached hydrogens (tertiary/aromatic N) is 1. The minimum Gasteiger partial charge on any atom is -0.490 e. The van der Waals surface area contributed by atoms with Crippen LogP contribution in [0.1, 0.15) is 55.4 Å². The number of carbonyl (C=O) groups is 1. The van der Waals surface area contributed by atoms with Crippen molar-refractivity contribution in [3.05, 3.63) is 23.0 Å². The molecule has 0 saturated heterocycles. The number of ether oxygens (including phenoxy) is 1. The van der Waals surface area contributed by atoms with Gasteiger partial charge in [0, 0.05) is 23.6 Å². The highest BCUT2D eigenvalue weighted by atomic mass is 16.5. The van der Waals surface area contributed by atoms with Gasteiger partial charge >= 0.3 is 0 Å². The summed E-state index contributed by atoms with van der Waals surface area (Å²) in [4.78, 5) is 15.9. The molecule has 1 aromatic rings. The van der Waals surface area contributed by atoms with E-state index in [1.807, 2.05) is 0 Å². The Balaban J connectivity index is 1.89. The third-order valence-electron chi connectivity index (χ3n) is 4.46. The summed E-state index contributed by atoms with van der Waals surface area (Å²) in [6.45, 7) is 7.61. The van der Waals surface area contributed by atoms with E-state index in [-0.39, 0.29) is 5.41 Å². The van der Waals surface area contributed by atoms with E-state index in [2.05, 4.69) is 31.1 Å². The smallest absolute Gasteiger partial charge is 0.267 e. The minimum atomic E-state index is -0.489. The Morgan fingerprint density at radius 3 is 2.90 bits per heavy atom. The lowest BCUT2D eigenvalue weighted by atomic mass is 9.90. The number of primary amides is 1. The van der Waals surface area contributed by atoms with Crippen LogP contribution in [0.15, 0.2) is 6.07 Å². The minimum absolute atomic E-state index is 0.183. The molecule has 1 aromatic heterocycles. The summed E-state index contributed by atoms with van der Waals surface area (Å²) >= 11 is 0. The van der Waals surface area contributed by atoms with Crippen molar-refractivity contribution in [3.63, 3.8) is 0 Å². The quantitative estimate of drug-likeness (QED) is 0.865. The predicted molar refractivity (Wildman–Crippen MR) is 80.3 cm³/mol. The van der Waals surface area contributed by atoms with Gasteiger partial charge in [-0.3, -0.25) is 4.79 Å². The zero-order valence-electron chi connectivity index (χ0n) is 12.9. The lowest BCUT2D eigenvalue weighted by Gasteiger charge is -2.17. The number of amides is 1. The third kappa shape index (κ3) is 2.75. The molecule has 1 aliphatic heterocycles. The lowest BCUT2D eigenvalue weighted by molar-refractivity contribution is 0.0995. The van der Waals surface area contributed by atoms with Crippen molar-refractivity contribution >= 4 is 5.91 Å². The Morgan fingerprint density at radius 1 is 1.57 bits per heavy atom. The van der Waals surface area contributed by atoms with Crippen LogP contribution in [0, 0.1) is 5.92 Å². The van der Waals surface area contributed by atoms with Crippen molar-refractivity contribution in [2.45, 2.75) is 51.6 Å². The molecule has 5 nitrogen and oxygen atoms in total. The molecule has 0 spiro atoms. The molecule has 21 heavy (non-hydrogen) atoms. The Bertz CT molecular complexity index is 579. The van der Waals surface area contributed by atoms with Crippen LogP contribution in [0.4, 0.5) is 0 Å². The number of nitrogens with two attached hydrogens (primary N) is 1. The molecule has 1 saturated carbocycles. The van der Waals surface area contributed by atoms with Crippen LogP contribution >= 0.6 is 0 Å². The number of carbonyl (C=O) groups excluding carboxylic acids is 1. The summed E-state index contributed by atoms with van der Waals surface area (Å²) in [7, 11) is 0. The second-order valence-corrected chi connectivity index (χ2v) is 6.89. The number of hydrogen-bond donors (Lipinski definition) is 2. The Kier molecular flexibility index (Phi) is 3.40. The van der Waals surface area contributed by atoms with Gasteiger partial charge in [0.25, 0.3) is 5.91 Å². The molecule has 1 atom stereocenters. The summed E-state index contributed by atoms with van der Waals surface area (Å²) in [5, 5.41) is 3.52. The number of nitrogens with one attached hydrogen (secondary N) is 1. The van der Waals surface area contributed by atoms with Gasteiger partial charge in [0.15, 0.2) is 0 Å². The lowest BCUT2D eigenvalue weighted by Crippen LogP contribution is -2.28. The first-order chi connectivity index (χ1) is 9.88. The molecule has 2 heterocycles. The van der Waals surface area contributed by atoms with Gasteiger partial charge in [-0.2, -0.15) is 0 Å². The van der Waals surface area contributed by atoms with Crippen LogP contribution in [0.5, 0.6) is 5.75 Å². The summed E-state index contributed by atoms with van der Waals surface area (Å²) in [5.41, 5.74) is 7.38. The maximum atomic E-state index is 11.5. The van der Waals surface area contributed by atoms with Crippen LogP contribution < -0.4 is 15.8 Å². The van der Waals surface area contributed by atoms with Crippen molar-refractivity contribution in [2.75, 3.05) is 6.61 Å². The van der Waals surface area contributed by atoms with E-state index in [1.54, 1.807) is 6.07 Å². The topological polar surface area (TPSA) is 77.2 Å². The van der Waals surface area contributed by atoms with Crippen LogP contribution in [0.25, 0.3) is 0 Å². The fraction of sp³-hybridized carbons (Fsp3) is 0.625. The number of rotatable bonds is 5. The standard InChI is InChI=1S/C16H23N3O2/c1-9(10-4-5-10)18-7-11-6-12(15(17)20)19-14-13(11)21-8-16(14,2)3/h6,9-10,18H,4-5,7-8H2,1-3H3,(H2,17,20)/t9-/m0/s1. The molecule has 0 unspecified atom stereocenters. The maximum absolute atomic E-state index is 11.5. The van der Waals surface area contributed by atoms with Crippen molar-refractivity contribution in [1.82, 2.24) is 10.3 Å². The van der Waals surface area contributed by atoms with Gasteiger partial charge in [-0.1, -0.05) is 13.8 Å². The monoisotopic (exact) mass is 289 g/mol. The van der Waals surface area contributed by atoms with Gasteiger partial charge in [0.2, 0.25) is 0 Å². The van der Waals surface area contributed by atoms with Crippen molar-refractivity contribution in [1.29, 1.82) is 0 Å². The Labute approximate surface area is 125 Å². The van der Waals surface area contributed by atoms with Crippen LogP contribution in [0.2, 0.25) is 0 Å². The van der Waals surface area contributed by atoms with Gasteiger partial charge < -0.3 is 15.8 Å². The first-order valence-electron chi connectivity index (χ1n) is 7.59. The van der Waals surface area contributed by atoms with Crippen LogP contribution in [-0.2, 0) is 12.0 Å². The van der Waals surface area contributed by atoms with E-state index >= 15 is 0 Å². The van der Waals surface area contributed by atoms with Gasteiger partial charge in [-0.25, -0.2) is 4.98 Å². The van der Waals surface area contributed by atoms with Crippen molar-refractivity contribution in [2.24, 2.45) is 11.7 Å². The molecule has 5 heteroatoms. The fourth-order valence-electron chi connectivity index (χ4n) is 2.82. The number of aromatic nitrogens is 1. The first-order valence-corrected chi connectivity index (χ1v) is 7.59. The molecule has 114 valence electrons. The van der Waals surface area contributed by atoms with Gasteiger partial charge in [-0.15, -0.1) is 0 Å². The number of pyridine rings is 1. The summed E-state index contributed by atoms with van der Waals surface area (Å²) in [6, 6.07) is 2.25. The summed E-state index contributed by atoms with van der Waals surface area (Å²) < 4.78 is 5.83. The average molecular weight is 289 g/mol. The molecule has 1 fully saturated rings. The molecule has 0 aromatic carbocycles. The summed E-state index contributed by atoms with van der Waals surface area (Å²) in [6.07, 6.45) is 2.61. The average Bonchev–Trinajstić information content (AvgIpc) is 3.22. The van der Waals surface area contributed by atoms with Crippen molar-refractivity contribution in [3.8, 4) is 5.75 Å². The highest BCUT2D eigenvalue weighted by Crippen LogP contribution is 2.40. The molecule has 1 aliphatic carbocycles. The first kappa shape index (κ1) is 14.3. The Hall–Kier alpha value is -1.62. The zero-order chi connectivity index (χ0) is 15.2. The maximum Gasteiger partial charge on any atom is 0.267 e. The fourth-order valence-corrected chi connectivity index (χ4v) is 2.82. The molecule has 1 amide bonds. The van der Waals surface area contributed by atoms with E-state index < -0.39 is 5.91 Å². The van der Waals surface area contributed by atoms with Crippen molar-refractivity contribution < 1.29 is 9.53 Å². The van der Waals surface area contributed by atoms with E-state index in [4.69, 9.17) is 10.5 Å². The molecule has 3 N–H and O–H groups in total. The van der Waals surface area contributed by atoms with Gasteiger partial charge in [0.1, 0.15) is 11.4 Å². The molecule has 3 rings (SSSR count).